The fourth-order valence-corrected chi connectivity index (χ4v) is 1.98. The molecular formula is C13H17N5. The molecular weight excluding hydrogens is 226 g/mol. The van der Waals surface area contributed by atoms with Gasteiger partial charge in [-0.15, -0.1) is 0 Å². The number of guanidine groups is 1. The van der Waals surface area contributed by atoms with Crippen molar-refractivity contribution in [2.75, 3.05) is 6.67 Å². The topological polar surface area (TPSA) is 52.9 Å². The molecule has 5 nitrogen and oxygen atoms in total. The van der Waals surface area contributed by atoms with Crippen molar-refractivity contribution in [2.24, 2.45) is 9.98 Å². The summed E-state index contributed by atoms with van der Waals surface area (Å²) in [7, 11) is 0. The Labute approximate surface area is 107 Å². The summed E-state index contributed by atoms with van der Waals surface area (Å²) in [6, 6.07) is 6.52. The van der Waals surface area contributed by atoms with Crippen molar-refractivity contribution < 1.29 is 0 Å². The van der Waals surface area contributed by atoms with E-state index in [4.69, 9.17) is 0 Å². The van der Waals surface area contributed by atoms with E-state index < -0.39 is 0 Å². The molecule has 0 bridgehead atoms. The van der Waals surface area contributed by atoms with E-state index in [1.165, 1.54) is 19.3 Å². The first-order valence-corrected chi connectivity index (χ1v) is 6.39. The van der Waals surface area contributed by atoms with Crippen molar-refractivity contribution in [3.8, 4) is 0 Å². The first-order chi connectivity index (χ1) is 8.90. The van der Waals surface area contributed by atoms with Crippen LogP contribution >= 0.6 is 0 Å². The lowest BCUT2D eigenvalue weighted by Crippen LogP contribution is -2.41. The van der Waals surface area contributed by atoms with Gasteiger partial charge in [-0.25, -0.2) is 9.98 Å². The maximum Gasteiger partial charge on any atom is 0.221 e. The number of hydrogen-bond acceptors (Lipinski definition) is 5. The highest BCUT2D eigenvalue weighted by molar-refractivity contribution is 5.88. The zero-order valence-electron chi connectivity index (χ0n) is 10.3. The van der Waals surface area contributed by atoms with Crippen LogP contribution in [0.5, 0.6) is 0 Å². The lowest BCUT2D eigenvalue weighted by Gasteiger charge is -2.28. The molecule has 0 spiro atoms. The van der Waals surface area contributed by atoms with E-state index in [1.54, 1.807) is 0 Å². The Bertz CT molecular complexity index is 450. The molecule has 0 atom stereocenters. The van der Waals surface area contributed by atoms with E-state index in [2.05, 4.69) is 20.3 Å². The molecule has 0 aromatic carbocycles. The molecule has 18 heavy (non-hydrogen) atoms. The highest BCUT2D eigenvalue weighted by atomic mass is 15.3. The van der Waals surface area contributed by atoms with Gasteiger partial charge in [-0.1, -0.05) is 6.07 Å². The largest absolute Gasteiger partial charge is 0.352 e. The Morgan fingerprint density at radius 2 is 2.28 bits per heavy atom. The average molecular weight is 243 g/mol. The SMILES string of the molecule is C1=NC(NC2CCC2)=NCN1Cc1ccccn1. The van der Waals surface area contributed by atoms with Gasteiger partial charge in [0.05, 0.1) is 18.6 Å². The summed E-state index contributed by atoms with van der Waals surface area (Å²) in [6.45, 7) is 1.40. The predicted molar refractivity (Wildman–Crippen MR) is 71.3 cm³/mol. The van der Waals surface area contributed by atoms with Crippen molar-refractivity contribution in [2.45, 2.75) is 31.8 Å². The fourth-order valence-electron chi connectivity index (χ4n) is 1.98. The first-order valence-electron chi connectivity index (χ1n) is 6.39. The average Bonchev–Trinajstić information content (AvgIpc) is 2.37. The second-order valence-electron chi connectivity index (χ2n) is 4.71. The van der Waals surface area contributed by atoms with E-state index >= 15 is 0 Å². The highest BCUT2D eigenvalue weighted by Gasteiger charge is 2.19. The van der Waals surface area contributed by atoms with Crippen LogP contribution in [0.3, 0.4) is 0 Å². The third kappa shape index (κ3) is 2.67. The summed E-state index contributed by atoms with van der Waals surface area (Å²) >= 11 is 0. The van der Waals surface area contributed by atoms with E-state index in [9.17, 15) is 0 Å². The van der Waals surface area contributed by atoms with Crippen LogP contribution in [-0.4, -0.2) is 34.9 Å². The third-order valence-electron chi connectivity index (χ3n) is 3.28. The lowest BCUT2D eigenvalue weighted by molar-refractivity contribution is 0.377. The van der Waals surface area contributed by atoms with Gasteiger partial charge in [-0.05, 0) is 31.4 Å². The molecule has 1 aliphatic carbocycles. The molecule has 1 saturated carbocycles. The number of nitrogens with zero attached hydrogens (tertiary/aromatic N) is 4. The summed E-state index contributed by atoms with van der Waals surface area (Å²) in [5.41, 5.74) is 1.04. The molecule has 94 valence electrons. The molecule has 0 amide bonds. The van der Waals surface area contributed by atoms with Crippen molar-refractivity contribution in [1.82, 2.24) is 15.2 Å². The molecule has 1 fully saturated rings. The number of aliphatic imine (C=N–C) groups is 2. The first kappa shape index (κ1) is 11.2. The summed E-state index contributed by atoms with van der Waals surface area (Å²) < 4.78 is 0. The van der Waals surface area contributed by atoms with E-state index in [0.29, 0.717) is 12.7 Å². The molecule has 2 aliphatic rings. The van der Waals surface area contributed by atoms with Gasteiger partial charge in [-0.3, -0.25) is 4.98 Å². The number of aromatic nitrogens is 1. The van der Waals surface area contributed by atoms with Crippen LogP contribution in [0.2, 0.25) is 0 Å². The van der Waals surface area contributed by atoms with Crippen LogP contribution in [0.25, 0.3) is 0 Å². The van der Waals surface area contributed by atoms with Gasteiger partial charge in [0.2, 0.25) is 5.96 Å². The molecule has 1 aromatic heterocycles. The molecule has 1 aliphatic heterocycles. The fraction of sp³-hybridized carbons (Fsp3) is 0.462. The monoisotopic (exact) mass is 243 g/mol. The van der Waals surface area contributed by atoms with Gasteiger partial charge >= 0.3 is 0 Å². The number of nitrogens with one attached hydrogen (secondary N) is 1. The van der Waals surface area contributed by atoms with Crippen LogP contribution in [0.1, 0.15) is 25.0 Å². The lowest BCUT2D eigenvalue weighted by atomic mass is 9.93. The minimum Gasteiger partial charge on any atom is -0.352 e. The van der Waals surface area contributed by atoms with Crippen LogP contribution in [0, 0.1) is 0 Å². The Morgan fingerprint density at radius 3 is 2.89 bits per heavy atom. The predicted octanol–water partition coefficient (Wildman–Crippen LogP) is 1.38. The van der Waals surface area contributed by atoms with E-state index in [1.807, 2.05) is 35.6 Å². The van der Waals surface area contributed by atoms with Gasteiger partial charge < -0.3 is 10.2 Å². The summed E-state index contributed by atoms with van der Waals surface area (Å²) in [4.78, 5) is 15.1. The highest BCUT2D eigenvalue weighted by Crippen LogP contribution is 2.18. The van der Waals surface area contributed by atoms with E-state index in [-0.39, 0.29) is 0 Å². The Hall–Kier alpha value is -1.91. The normalized spacial score (nSPS) is 19.3. The van der Waals surface area contributed by atoms with Crippen LogP contribution in [0.4, 0.5) is 0 Å². The molecule has 1 N–H and O–H groups in total. The van der Waals surface area contributed by atoms with E-state index in [0.717, 1.165) is 18.2 Å². The molecule has 5 heteroatoms. The summed E-state index contributed by atoms with van der Waals surface area (Å²) in [6.07, 6.45) is 7.46. The zero-order valence-corrected chi connectivity index (χ0v) is 10.3. The minimum atomic E-state index is 0.586. The quantitative estimate of drug-likeness (QED) is 0.872. The van der Waals surface area contributed by atoms with Gasteiger partial charge in [0.25, 0.3) is 0 Å². The van der Waals surface area contributed by atoms with Gasteiger partial charge in [0.1, 0.15) is 6.67 Å². The summed E-state index contributed by atoms with van der Waals surface area (Å²) in [5, 5.41) is 3.35. The number of rotatable bonds is 3. The van der Waals surface area contributed by atoms with Crippen LogP contribution in [0.15, 0.2) is 34.4 Å². The maximum atomic E-state index is 4.43. The Balaban J connectivity index is 1.52. The van der Waals surface area contributed by atoms with Crippen molar-refractivity contribution >= 4 is 12.3 Å². The van der Waals surface area contributed by atoms with Crippen LogP contribution < -0.4 is 5.32 Å². The number of pyridine rings is 1. The standard InChI is InChI=1S/C13H17N5/c1-2-7-14-12(4-1)8-18-9-15-13(16-10-18)17-11-5-3-6-11/h1-2,4,7,9,11H,3,5-6,8,10H2,(H,16,17). The second kappa shape index (κ2) is 5.16. The molecule has 1 aromatic rings. The molecule has 3 rings (SSSR count). The molecule has 0 saturated heterocycles. The zero-order chi connectivity index (χ0) is 12.2. The van der Waals surface area contributed by atoms with Crippen LogP contribution in [-0.2, 0) is 6.54 Å². The smallest absolute Gasteiger partial charge is 0.221 e. The molecule has 0 radical (unpaired) electrons. The van der Waals surface area contributed by atoms with Crippen molar-refractivity contribution in [1.29, 1.82) is 0 Å². The van der Waals surface area contributed by atoms with Gasteiger partial charge in [-0.2, -0.15) is 0 Å². The maximum absolute atomic E-state index is 4.43. The van der Waals surface area contributed by atoms with Crippen molar-refractivity contribution in [3.05, 3.63) is 30.1 Å². The van der Waals surface area contributed by atoms with Gasteiger partial charge in [0.15, 0.2) is 0 Å². The minimum absolute atomic E-state index is 0.586. The molecule has 0 unspecified atom stereocenters. The number of hydrogen-bond donors (Lipinski definition) is 1. The molecule has 2 heterocycles. The Kier molecular flexibility index (Phi) is 3.21. The second-order valence-corrected chi connectivity index (χ2v) is 4.71. The third-order valence-corrected chi connectivity index (χ3v) is 3.28. The van der Waals surface area contributed by atoms with Crippen molar-refractivity contribution in [3.63, 3.8) is 0 Å². The summed E-state index contributed by atoms with van der Waals surface area (Å²) in [5.74, 6) is 0.775. The Morgan fingerprint density at radius 1 is 1.33 bits per heavy atom. The van der Waals surface area contributed by atoms with Gasteiger partial charge in [0, 0.05) is 12.2 Å².